The fraction of sp³-hybridized carbons (Fsp3) is 0.500. The van der Waals surface area contributed by atoms with Crippen LogP contribution in [-0.2, 0) is 11.3 Å². The molecule has 3 amide bonds. The summed E-state index contributed by atoms with van der Waals surface area (Å²) in [5.74, 6) is -0.237. The highest BCUT2D eigenvalue weighted by Crippen LogP contribution is 2.17. The average molecular weight is 290 g/mol. The molecule has 1 aliphatic rings. The minimum Gasteiger partial charge on any atom is -0.335 e. The fourth-order valence-electron chi connectivity index (χ4n) is 2.74. The summed E-state index contributed by atoms with van der Waals surface area (Å²) in [5.41, 5.74) is 1.18. The molecule has 0 bridgehead atoms. The lowest BCUT2D eigenvalue weighted by atomic mass is 10.2. The highest BCUT2D eigenvalue weighted by molar-refractivity contribution is 5.94. The van der Waals surface area contributed by atoms with E-state index in [0.29, 0.717) is 0 Å². The van der Waals surface area contributed by atoms with Gasteiger partial charge in [-0.2, -0.15) is 0 Å². The number of likely N-dealkylation sites (N-methyl/N-ethyl adjacent to an activating group) is 1. The SMILES string of the molecule is C[NH+](CC(=O)NC(=O)NC1CCCC1)Cc1ccccc1. The molecule has 3 N–H and O–H groups in total. The molecule has 21 heavy (non-hydrogen) atoms. The van der Waals surface area contributed by atoms with E-state index in [-0.39, 0.29) is 24.5 Å². The van der Waals surface area contributed by atoms with Gasteiger partial charge >= 0.3 is 6.03 Å². The van der Waals surface area contributed by atoms with E-state index in [4.69, 9.17) is 0 Å². The van der Waals surface area contributed by atoms with Crippen molar-refractivity contribution in [2.24, 2.45) is 0 Å². The lowest BCUT2D eigenvalue weighted by Crippen LogP contribution is -3.09. The van der Waals surface area contributed by atoms with Gasteiger partial charge in [-0.15, -0.1) is 0 Å². The van der Waals surface area contributed by atoms with Crippen LogP contribution < -0.4 is 15.5 Å². The zero-order valence-electron chi connectivity index (χ0n) is 12.5. The molecule has 5 heteroatoms. The fourth-order valence-corrected chi connectivity index (χ4v) is 2.74. The number of hydrogen-bond acceptors (Lipinski definition) is 2. The number of imide groups is 1. The van der Waals surface area contributed by atoms with Crippen LogP contribution in [0.2, 0.25) is 0 Å². The Balaban J connectivity index is 1.69. The molecule has 1 atom stereocenters. The number of benzene rings is 1. The minimum atomic E-state index is -0.362. The molecule has 0 spiro atoms. The largest absolute Gasteiger partial charge is 0.335 e. The molecule has 0 aromatic heterocycles. The van der Waals surface area contributed by atoms with E-state index in [9.17, 15) is 9.59 Å². The van der Waals surface area contributed by atoms with Gasteiger partial charge in [-0.3, -0.25) is 10.1 Å². The van der Waals surface area contributed by atoms with E-state index in [2.05, 4.69) is 10.6 Å². The van der Waals surface area contributed by atoms with Crippen molar-refractivity contribution >= 4 is 11.9 Å². The van der Waals surface area contributed by atoms with E-state index in [1.54, 1.807) is 0 Å². The van der Waals surface area contributed by atoms with Crippen molar-refractivity contribution in [3.8, 4) is 0 Å². The molecule has 1 unspecified atom stereocenters. The molecular formula is C16H24N3O2+. The monoisotopic (exact) mass is 290 g/mol. The summed E-state index contributed by atoms with van der Waals surface area (Å²) in [6, 6.07) is 9.88. The van der Waals surface area contributed by atoms with Crippen molar-refractivity contribution in [2.45, 2.75) is 38.3 Å². The second kappa shape index (κ2) is 7.78. The molecule has 0 heterocycles. The highest BCUT2D eigenvalue weighted by Gasteiger charge is 2.19. The maximum absolute atomic E-state index is 11.8. The molecule has 2 rings (SSSR count). The third-order valence-corrected chi connectivity index (χ3v) is 3.75. The third-order valence-electron chi connectivity index (χ3n) is 3.75. The van der Waals surface area contributed by atoms with Crippen LogP contribution >= 0.6 is 0 Å². The summed E-state index contributed by atoms with van der Waals surface area (Å²) in [6.07, 6.45) is 4.34. The summed E-state index contributed by atoms with van der Waals surface area (Å²) in [4.78, 5) is 24.6. The van der Waals surface area contributed by atoms with Gasteiger partial charge in [0.15, 0.2) is 6.54 Å². The molecule has 1 aliphatic carbocycles. The summed E-state index contributed by atoms with van der Waals surface area (Å²) in [7, 11) is 1.95. The van der Waals surface area contributed by atoms with Gasteiger partial charge in [0.2, 0.25) is 0 Å². The second-order valence-electron chi connectivity index (χ2n) is 5.80. The zero-order valence-corrected chi connectivity index (χ0v) is 12.5. The van der Waals surface area contributed by atoms with Crippen molar-refractivity contribution in [3.63, 3.8) is 0 Å². The third kappa shape index (κ3) is 5.55. The van der Waals surface area contributed by atoms with Crippen LogP contribution in [0.1, 0.15) is 31.2 Å². The quantitative estimate of drug-likeness (QED) is 0.738. The Morgan fingerprint density at radius 1 is 1.19 bits per heavy atom. The van der Waals surface area contributed by atoms with Crippen LogP contribution in [0.5, 0.6) is 0 Å². The van der Waals surface area contributed by atoms with Crippen molar-refractivity contribution in [2.75, 3.05) is 13.6 Å². The summed E-state index contributed by atoms with van der Waals surface area (Å²) in [6.45, 7) is 1.05. The molecule has 0 radical (unpaired) electrons. The van der Waals surface area contributed by atoms with Gasteiger partial charge in [0, 0.05) is 11.6 Å². The van der Waals surface area contributed by atoms with Crippen molar-refractivity contribution in [1.82, 2.24) is 10.6 Å². The first kappa shape index (κ1) is 15.5. The first-order valence-electron chi connectivity index (χ1n) is 7.59. The Kier molecular flexibility index (Phi) is 5.75. The molecule has 5 nitrogen and oxygen atoms in total. The van der Waals surface area contributed by atoms with Crippen LogP contribution in [0.3, 0.4) is 0 Å². The van der Waals surface area contributed by atoms with E-state index >= 15 is 0 Å². The molecule has 0 aliphatic heterocycles. The van der Waals surface area contributed by atoms with Crippen molar-refractivity contribution in [3.05, 3.63) is 35.9 Å². The number of carbonyl (C=O) groups excluding carboxylic acids is 2. The topological polar surface area (TPSA) is 62.6 Å². The molecule has 1 aromatic carbocycles. The summed E-state index contributed by atoms with van der Waals surface area (Å²) >= 11 is 0. The zero-order chi connectivity index (χ0) is 15.1. The Hall–Kier alpha value is -1.88. The first-order chi connectivity index (χ1) is 10.1. The van der Waals surface area contributed by atoms with Gasteiger partial charge in [0.25, 0.3) is 5.91 Å². The van der Waals surface area contributed by atoms with Gasteiger partial charge in [-0.1, -0.05) is 43.2 Å². The Morgan fingerprint density at radius 2 is 1.86 bits per heavy atom. The number of hydrogen-bond donors (Lipinski definition) is 3. The number of urea groups is 1. The number of nitrogens with one attached hydrogen (secondary N) is 3. The number of quaternary nitrogens is 1. The number of rotatable bonds is 5. The maximum atomic E-state index is 11.8. The lowest BCUT2D eigenvalue weighted by molar-refractivity contribution is -0.885. The lowest BCUT2D eigenvalue weighted by Gasteiger charge is -2.15. The standard InChI is InChI=1S/C16H23N3O2/c1-19(11-13-7-3-2-4-8-13)12-15(20)18-16(21)17-14-9-5-6-10-14/h2-4,7-8,14H,5-6,9-12H2,1H3,(H2,17,18,20,21)/p+1. The Bertz CT molecular complexity index is 470. The van der Waals surface area contributed by atoms with Gasteiger partial charge in [0.05, 0.1) is 7.05 Å². The Labute approximate surface area is 125 Å². The summed E-state index contributed by atoms with van der Waals surface area (Å²) in [5, 5.41) is 5.27. The van der Waals surface area contributed by atoms with Crippen LogP contribution in [0.15, 0.2) is 30.3 Å². The molecule has 1 fully saturated rings. The van der Waals surface area contributed by atoms with Crippen LogP contribution in [0.4, 0.5) is 4.79 Å². The first-order valence-corrected chi connectivity index (χ1v) is 7.59. The average Bonchev–Trinajstić information content (AvgIpc) is 2.91. The predicted octanol–water partition coefficient (Wildman–Crippen LogP) is 0.470. The Morgan fingerprint density at radius 3 is 2.52 bits per heavy atom. The van der Waals surface area contributed by atoms with Gasteiger partial charge < -0.3 is 10.2 Å². The molecule has 1 aromatic rings. The van der Waals surface area contributed by atoms with E-state index in [1.165, 1.54) is 5.56 Å². The van der Waals surface area contributed by atoms with E-state index in [1.807, 2.05) is 37.4 Å². The van der Waals surface area contributed by atoms with Crippen molar-refractivity contribution < 1.29 is 14.5 Å². The summed E-state index contributed by atoms with van der Waals surface area (Å²) < 4.78 is 0. The molecular weight excluding hydrogens is 266 g/mol. The molecule has 114 valence electrons. The minimum absolute atomic E-state index is 0.229. The number of carbonyl (C=O) groups is 2. The molecule has 1 saturated carbocycles. The molecule has 0 saturated heterocycles. The van der Waals surface area contributed by atoms with Crippen LogP contribution in [0, 0.1) is 0 Å². The second-order valence-corrected chi connectivity index (χ2v) is 5.80. The van der Waals surface area contributed by atoms with Crippen LogP contribution in [0.25, 0.3) is 0 Å². The smallest absolute Gasteiger partial charge is 0.321 e. The van der Waals surface area contributed by atoms with Gasteiger partial charge in [-0.25, -0.2) is 4.79 Å². The number of amides is 3. The normalized spacial score (nSPS) is 16.4. The maximum Gasteiger partial charge on any atom is 0.321 e. The van der Waals surface area contributed by atoms with E-state index < -0.39 is 0 Å². The van der Waals surface area contributed by atoms with Crippen LogP contribution in [-0.4, -0.2) is 31.6 Å². The van der Waals surface area contributed by atoms with Gasteiger partial charge in [0.1, 0.15) is 6.54 Å². The van der Waals surface area contributed by atoms with Gasteiger partial charge in [-0.05, 0) is 12.8 Å². The predicted molar refractivity (Wildman–Crippen MR) is 80.8 cm³/mol. The van der Waals surface area contributed by atoms with E-state index in [0.717, 1.165) is 37.1 Å². The highest BCUT2D eigenvalue weighted by atomic mass is 16.2. The van der Waals surface area contributed by atoms with Crippen molar-refractivity contribution in [1.29, 1.82) is 0 Å².